The van der Waals surface area contributed by atoms with Crippen molar-refractivity contribution in [3.8, 4) is 0 Å². The average Bonchev–Trinajstić information content (AvgIpc) is 2.43. The zero-order valence-corrected chi connectivity index (χ0v) is 11.5. The standard InChI is InChI=1S/C15H11ClFNO3/c16-12-8-10(5-6-13(12)17)18-14(19)7-9-3-1-2-4-11(9)15(20)21/h1-6,8H,7H2,(H,18,19)(H,20,21). The van der Waals surface area contributed by atoms with Gasteiger partial charge in [-0.2, -0.15) is 0 Å². The Labute approximate surface area is 125 Å². The van der Waals surface area contributed by atoms with E-state index in [-0.39, 0.29) is 17.0 Å². The normalized spacial score (nSPS) is 10.2. The molecule has 0 radical (unpaired) electrons. The quantitative estimate of drug-likeness (QED) is 0.910. The van der Waals surface area contributed by atoms with Crippen LogP contribution in [0.2, 0.25) is 5.02 Å². The third kappa shape index (κ3) is 3.79. The van der Waals surface area contributed by atoms with Gasteiger partial charge in [0.2, 0.25) is 5.91 Å². The molecule has 0 aliphatic heterocycles. The molecule has 0 bridgehead atoms. The molecule has 6 heteroatoms. The number of aromatic carboxylic acids is 1. The molecular weight excluding hydrogens is 297 g/mol. The zero-order valence-electron chi connectivity index (χ0n) is 10.8. The lowest BCUT2D eigenvalue weighted by atomic mass is 10.0. The number of hydrogen-bond acceptors (Lipinski definition) is 2. The van der Waals surface area contributed by atoms with Gasteiger partial charge in [0.25, 0.3) is 0 Å². The van der Waals surface area contributed by atoms with E-state index in [4.69, 9.17) is 16.7 Å². The highest BCUT2D eigenvalue weighted by atomic mass is 35.5. The topological polar surface area (TPSA) is 66.4 Å². The molecule has 1 amide bonds. The molecule has 2 N–H and O–H groups in total. The molecule has 2 aromatic carbocycles. The summed E-state index contributed by atoms with van der Waals surface area (Å²) in [6.45, 7) is 0. The largest absolute Gasteiger partial charge is 0.478 e. The van der Waals surface area contributed by atoms with Crippen LogP contribution in [-0.4, -0.2) is 17.0 Å². The van der Waals surface area contributed by atoms with Crippen LogP contribution in [0, 0.1) is 5.82 Å². The predicted molar refractivity (Wildman–Crippen MR) is 77.1 cm³/mol. The van der Waals surface area contributed by atoms with Crippen LogP contribution in [-0.2, 0) is 11.2 Å². The first kappa shape index (κ1) is 15.0. The maximum Gasteiger partial charge on any atom is 0.335 e. The average molecular weight is 308 g/mol. The number of carboxylic acid groups (broad SMARTS) is 1. The minimum atomic E-state index is -1.09. The van der Waals surface area contributed by atoms with Crippen LogP contribution in [0.15, 0.2) is 42.5 Å². The number of hydrogen-bond donors (Lipinski definition) is 2. The van der Waals surface area contributed by atoms with E-state index in [1.165, 1.54) is 18.2 Å². The molecule has 0 fully saturated rings. The lowest BCUT2D eigenvalue weighted by molar-refractivity contribution is -0.115. The van der Waals surface area contributed by atoms with Gasteiger partial charge in [-0.05, 0) is 29.8 Å². The third-order valence-electron chi connectivity index (χ3n) is 2.80. The monoisotopic (exact) mass is 307 g/mol. The van der Waals surface area contributed by atoms with Crippen molar-refractivity contribution in [3.05, 3.63) is 64.4 Å². The molecule has 0 aliphatic rings. The number of nitrogens with one attached hydrogen (secondary N) is 1. The molecule has 21 heavy (non-hydrogen) atoms. The van der Waals surface area contributed by atoms with Gasteiger partial charge in [-0.25, -0.2) is 9.18 Å². The molecule has 0 atom stereocenters. The van der Waals surface area contributed by atoms with E-state index >= 15 is 0 Å². The summed E-state index contributed by atoms with van der Waals surface area (Å²) < 4.78 is 13.0. The Balaban J connectivity index is 2.12. The van der Waals surface area contributed by atoms with E-state index < -0.39 is 17.7 Å². The van der Waals surface area contributed by atoms with Crippen molar-refractivity contribution in [2.75, 3.05) is 5.32 Å². The van der Waals surface area contributed by atoms with Gasteiger partial charge in [0.05, 0.1) is 17.0 Å². The van der Waals surface area contributed by atoms with Gasteiger partial charge < -0.3 is 10.4 Å². The summed E-state index contributed by atoms with van der Waals surface area (Å²) in [5.41, 5.74) is 0.819. The molecule has 2 rings (SSSR count). The molecule has 0 saturated heterocycles. The highest BCUT2D eigenvalue weighted by molar-refractivity contribution is 6.31. The fourth-order valence-electron chi connectivity index (χ4n) is 1.84. The summed E-state index contributed by atoms with van der Waals surface area (Å²) in [4.78, 5) is 23.0. The predicted octanol–water partition coefficient (Wildman–Crippen LogP) is 3.36. The number of anilines is 1. The third-order valence-corrected chi connectivity index (χ3v) is 3.09. The maximum absolute atomic E-state index is 13.0. The van der Waals surface area contributed by atoms with Gasteiger partial charge in [-0.3, -0.25) is 4.79 Å². The van der Waals surface area contributed by atoms with Gasteiger partial charge in [0.15, 0.2) is 0 Å². The van der Waals surface area contributed by atoms with E-state index in [1.54, 1.807) is 18.2 Å². The zero-order chi connectivity index (χ0) is 15.4. The Morgan fingerprint density at radius 3 is 2.57 bits per heavy atom. The van der Waals surface area contributed by atoms with E-state index in [2.05, 4.69) is 5.32 Å². The van der Waals surface area contributed by atoms with Gasteiger partial charge in [0.1, 0.15) is 5.82 Å². The second-order valence-electron chi connectivity index (χ2n) is 4.32. The molecule has 0 saturated carbocycles. The van der Waals surface area contributed by atoms with Crippen LogP contribution < -0.4 is 5.32 Å². The molecular formula is C15H11ClFNO3. The van der Waals surface area contributed by atoms with Crippen molar-refractivity contribution in [3.63, 3.8) is 0 Å². The summed E-state index contributed by atoms with van der Waals surface area (Å²) in [6.07, 6.45) is -0.0997. The number of halogens is 2. The van der Waals surface area contributed by atoms with E-state index in [1.807, 2.05) is 0 Å². The molecule has 0 heterocycles. The van der Waals surface area contributed by atoms with Crippen molar-refractivity contribution in [2.24, 2.45) is 0 Å². The van der Waals surface area contributed by atoms with Gasteiger partial charge >= 0.3 is 5.97 Å². The van der Waals surface area contributed by atoms with Crippen molar-refractivity contribution in [1.82, 2.24) is 0 Å². The fraction of sp³-hybridized carbons (Fsp3) is 0.0667. The SMILES string of the molecule is O=C(Cc1ccccc1C(=O)O)Nc1ccc(F)c(Cl)c1. The van der Waals surface area contributed by atoms with Crippen molar-refractivity contribution < 1.29 is 19.1 Å². The number of carboxylic acids is 1. The molecule has 108 valence electrons. The molecule has 0 unspecified atom stereocenters. The Bertz CT molecular complexity index is 703. The lowest BCUT2D eigenvalue weighted by Gasteiger charge is -2.08. The molecule has 0 aliphatic carbocycles. The van der Waals surface area contributed by atoms with Gasteiger partial charge in [-0.15, -0.1) is 0 Å². The first-order valence-electron chi connectivity index (χ1n) is 6.03. The number of carbonyl (C=O) groups excluding carboxylic acids is 1. The van der Waals surface area contributed by atoms with Crippen molar-refractivity contribution in [1.29, 1.82) is 0 Å². The number of rotatable bonds is 4. The Hall–Kier alpha value is -2.40. The first-order valence-corrected chi connectivity index (χ1v) is 6.41. The van der Waals surface area contributed by atoms with Crippen LogP contribution in [0.25, 0.3) is 0 Å². The van der Waals surface area contributed by atoms with E-state index in [9.17, 15) is 14.0 Å². The fourth-order valence-corrected chi connectivity index (χ4v) is 2.02. The summed E-state index contributed by atoms with van der Waals surface area (Å²) in [5, 5.41) is 11.5. The van der Waals surface area contributed by atoms with Crippen LogP contribution in [0.1, 0.15) is 15.9 Å². The van der Waals surface area contributed by atoms with Crippen LogP contribution in [0.3, 0.4) is 0 Å². The molecule has 2 aromatic rings. The summed E-state index contributed by atoms with van der Waals surface area (Å²) in [7, 11) is 0. The Morgan fingerprint density at radius 1 is 1.19 bits per heavy atom. The smallest absolute Gasteiger partial charge is 0.335 e. The van der Waals surface area contributed by atoms with Crippen molar-refractivity contribution in [2.45, 2.75) is 6.42 Å². The van der Waals surface area contributed by atoms with Crippen LogP contribution in [0.5, 0.6) is 0 Å². The molecule has 4 nitrogen and oxygen atoms in total. The second kappa shape index (κ2) is 6.37. The van der Waals surface area contributed by atoms with Gasteiger partial charge in [0, 0.05) is 5.69 Å². The Morgan fingerprint density at radius 2 is 1.90 bits per heavy atom. The molecule has 0 aromatic heterocycles. The minimum absolute atomic E-state index is 0.0739. The highest BCUT2D eigenvalue weighted by Crippen LogP contribution is 2.19. The van der Waals surface area contributed by atoms with E-state index in [0.717, 1.165) is 6.07 Å². The number of benzene rings is 2. The summed E-state index contributed by atoms with van der Waals surface area (Å²) in [5.74, 6) is -2.08. The summed E-state index contributed by atoms with van der Waals surface area (Å²) >= 11 is 5.62. The maximum atomic E-state index is 13.0. The first-order chi connectivity index (χ1) is 9.97. The number of amides is 1. The number of carbonyl (C=O) groups is 2. The molecule has 0 spiro atoms. The summed E-state index contributed by atoms with van der Waals surface area (Å²) in [6, 6.07) is 10.1. The Kier molecular flexibility index (Phi) is 4.55. The van der Waals surface area contributed by atoms with Crippen LogP contribution >= 0.6 is 11.6 Å². The van der Waals surface area contributed by atoms with Crippen molar-refractivity contribution >= 4 is 29.2 Å². The van der Waals surface area contributed by atoms with Gasteiger partial charge in [-0.1, -0.05) is 29.8 Å². The lowest BCUT2D eigenvalue weighted by Crippen LogP contribution is -2.16. The van der Waals surface area contributed by atoms with E-state index in [0.29, 0.717) is 11.3 Å². The minimum Gasteiger partial charge on any atom is -0.478 e. The second-order valence-corrected chi connectivity index (χ2v) is 4.72. The highest BCUT2D eigenvalue weighted by Gasteiger charge is 2.13. The van der Waals surface area contributed by atoms with Crippen LogP contribution in [0.4, 0.5) is 10.1 Å².